The Morgan fingerprint density at radius 2 is 1.28 bits per heavy atom. The molecule has 0 aliphatic carbocycles. The van der Waals surface area contributed by atoms with Crippen LogP contribution >= 0.6 is 23.2 Å². The molecule has 4 nitrogen and oxygen atoms in total. The highest BCUT2D eigenvalue weighted by molar-refractivity contribution is 6.31. The van der Waals surface area contributed by atoms with Gasteiger partial charge in [0, 0.05) is 16.6 Å². The molecule has 0 radical (unpaired) electrons. The average Bonchev–Trinajstić information content (AvgIpc) is 2.99. The summed E-state index contributed by atoms with van der Waals surface area (Å²) < 4.78 is 0. The number of rotatable bonds is 5. The van der Waals surface area contributed by atoms with Gasteiger partial charge in [-0.05, 0) is 47.4 Å². The third-order valence-corrected chi connectivity index (χ3v) is 5.63. The minimum atomic E-state index is -1.32. The summed E-state index contributed by atoms with van der Waals surface area (Å²) in [6.45, 7) is 0.289. The topological polar surface area (TPSA) is 49.4 Å². The molecule has 0 aromatic heterocycles. The number of imide groups is 1. The number of carbonyl (C=O) groups is 2. The van der Waals surface area contributed by atoms with Gasteiger partial charge in [0.05, 0.1) is 0 Å². The van der Waals surface area contributed by atoms with E-state index in [0.29, 0.717) is 27.6 Å². The lowest BCUT2D eigenvalue weighted by Gasteiger charge is -2.28. The third kappa shape index (κ3) is 3.61. The van der Waals surface area contributed by atoms with E-state index in [9.17, 15) is 9.59 Å². The molecule has 0 spiro atoms. The maximum Gasteiger partial charge on any atom is 0.325 e. The van der Waals surface area contributed by atoms with Crippen LogP contribution in [0.15, 0.2) is 78.9 Å². The van der Waals surface area contributed by atoms with Crippen LogP contribution in [0.1, 0.15) is 16.7 Å². The van der Waals surface area contributed by atoms with Crippen LogP contribution in [-0.4, -0.2) is 23.4 Å². The molecule has 3 aromatic carbocycles. The van der Waals surface area contributed by atoms with Crippen LogP contribution in [0, 0.1) is 0 Å². The molecule has 29 heavy (non-hydrogen) atoms. The Morgan fingerprint density at radius 3 is 1.79 bits per heavy atom. The lowest BCUT2D eigenvalue weighted by atomic mass is 9.82. The van der Waals surface area contributed by atoms with Gasteiger partial charge >= 0.3 is 6.03 Å². The van der Waals surface area contributed by atoms with E-state index >= 15 is 0 Å². The second-order valence-electron chi connectivity index (χ2n) is 6.89. The minimum absolute atomic E-state index is 0.289. The molecule has 1 fully saturated rings. The third-order valence-electron chi connectivity index (χ3n) is 5.13. The SMILES string of the molecule is O=C1NC(c2ccc(Cl)cc2)(c2ccc(Cl)cc2)C(=O)N1CCc1ccccc1. The van der Waals surface area contributed by atoms with Crippen molar-refractivity contribution >= 4 is 35.1 Å². The zero-order chi connectivity index (χ0) is 20.4. The Labute approximate surface area is 179 Å². The summed E-state index contributed by atoms with van der Waals surface area (Å²) >= 11 is 12.1. The van der Waals surface area contributed by atoms with Crippen molar-refractivity contribution in [2.45, 2.75) is 12.0 Å². The van der Waals surface area contributed by atoms with Crippen molar-refractivity contribution < 1.29 is 9.59 Å². The molecule has 1 saturated heterocycles. The van der Waals surface area contributed by atoms with Crippen LogP contribution in [0.3, 0.4) is 0 Å². The first kappa shape index (κ1) is 19.5. The van der Waals surface area contributed by atoms with Gasteiger partial charge < -0.3 is 5.32 Å². The summed E-state index contributed by atoms with van der Waals surface area (Å²) in [4.78, 5) is 27.7. The number of amides is 3. The Morgan fingerprint density at radius 1 is 0.759 bits per heavy atom. The lowest BCUT2D eigenvalue weighted by molar-refractivity contribution is -0.130. The molecule has 1 N–H and O–H groups in total. The molecule has 146 valence electrons. The van der Waals surface area contributed by atoms with E-state index in [-0.39, 0.29) is 12.5 Å². The van der Waals surface area contributed by atoms with Crippen LogP contribution in [0.5, 0.6) is 0 Å². The molecule has 3 aromatic rings. The molecule has 1 aliphatic heterocycles. The van der Waals surface area contributed by atoms with Gasteiger partial charge in [-0.3, -0.25) is 9.69 Å². The first-order valence-corrected chi connectivity index (χ1v) is 9.96. The van der Waals surface area contributed by atoms with Gasteiger partial charge in [-0.25, -0.2) is 4.79 Å². The highest BCUT2D eigenvalue weighted by Gasteiger charge is 2.53. The zero-order valence-electron chi connectivity index (χ0n) is 15.4. The zero-order valence-corrected chi connectivity index (χ0v) is 17.0. The van der Waals surface area contributed by atoms with E-state index in [1.807, 2.05) is 30.3 Å². The van der Waals surface area contributed by atoms with Crippen molar-refractivity contribution in [2.75, 3.05) is 6.54 Å². The summed E-state index contributed by atoms with van der Waals surface area (Å²) in [5.41, 5.74) is 1.03. The monoisotopic (exact) mass is 424 g/mol. The van der Waals surface area contributed by atoms with Gasteiger partial charge in [-0.2, -0.15) is 0 Å². The van der Waals surface area contributed by atoms with Crippen molar-refractivity contribution in [3.05, 3.63) is 106 Å². The Balaban J connectivity index is 1.73. The van der Waals surface area contributed by atoms with E-state index in [2.05, 4.69) is 5.32 Å². The molecular formula is C23H18Cl2N2O2. The van der Waals surface area contributed by atoms with Crippen LogP contribution in [0.25, 0.3) is 0 Å². The van der Waals surface area contributed by atoms with Crippen LogP contribution in [-0.2, 0) is 16.8 Å². The van der Waals surface area contributed by atoms with Crippen molar-refractivity contribution in [1.29, 1.82) is 0 Å². The summed E-state index contributed by atoms with van der Waals surface area (Å²) in [5, 5.41) is 4.03. The number of halogens is 2. The maximum absolute atomic E-state index is 13.6. The van der Waals surface area contributed by atoms with Gasteiger partial charge in [-0.1, -0.05) is 77.8 Å². The van der Waals surface area contributed by atoms with Crippen LogP contribution in [0.2, 0.25) is 10.0 Å². The summed E-state index contributed by atoms with van der Waals surface area (Å²) in [6, 6.07) is 23.2. The second kappa shape index (κ2) is 7.90. The van der Waals surface area contributed by atoms with E-state index in [1.54, 1.807) is 48.5 Å². The quantitative estimate of drug-likeness (QED) is 0.583. The number of hydrogen-bond acceptors (Lipinski definition) is 2. The van der Waals surface area contributed by atoms with E-state index < -0.39 is 11.6 Å². The predicted octanol–water partition coefficient (Wildman–Crippen LogP) is 5.03. The predicted molar refractivity (Wildman–Crippen MR) is 114 cm³/mol. The molecule has 1 aliphatic rings. The average molecular weight is 425 g/mol. The fourth-order valence-corrected chi connectivity index (χ4v) is 3.87. The van der Waals surface area contributed by atoms with Gasteiger partial charge in [-0.15, -0.1) is 0 Å². The Kier molecular flexibility index (Phi) is 5.31. The van der Waals surface area contributed by atoms with Crippen molar-refractivity contribution in [3.8, 4) is 0 Å². The molecule has 1 heterocycles. The molecule has 0 bridgehead atoms. The Hall–Kier alpha value is -2.82. The summed E-state index contributed by atoms with van der Waals surface area (Å²) in [6.07, 6.45) is 0.581. The second-order valence-corrected chi connectivity index (χ2v) is 7.76. The fourth-order valence-electron chi connectivity index (χ4n) is 3.62. The van der Waals surface area contributed by atoms with Crippen molar-refractivity contribution in [2.24, 2.45) is 0 Å². The Bertz CT molecular complexity index is 989. The largest absolute Gasteiger partial charge is 0.325 e. The van der Waals surface area contributed by atoms with Gasteiger partial charge in [0.15, 0.2) is 5.54 Å². The van der Waals surface area contributed by atoms with Gasteiger partial charge in [0.25, 0.3) is 5.91 Å². The van der Waals surface area contributed by atoms with E-state index in [4.69, 9.17) is 23.2 Å². The smallest absolute Gasteiger partial charge is 0.315 e. The molecule has 0 unspecified atom stereocenters. The molecular weight excluding hydrogens is 407 g/mol. The summed E-state index contributed by atoms with van der Waals surface area (Å²) in [5.74, 6) is -0.317. The number of urea groups is 1. The number of nitrogens with one attached hydrogen (secondary N) is 1. The summed E-state index contributed by atoms with van der Waals surface area (Å²) in [7, 11) is 0. The maximum atomic E-state index is 13.6. The highest BCUT2D eigenvalue weighted by atomic mass is 35.5. The normalized spacial score (nSPS) is 15.4. The molecule has 0 atom stereocenters. The standard InChI is InChI=1S/C23H18Cl2N2O2/c24-19-10-6-17(7-11-19)23(18-8-12-20(25)13-9-18)21(28)27(22(29)26-23)15-14-16-4-2-1-3-5-16/h1-13H,14-15H2,(H,26,29). The minimum Gasteiger partial charge on any atom is -0.315 e. The molecule has 4 rings (SSSR count). The van der Waals surface area contributed by atoms with Gasteiger partial charge in [0.2, 0.25) is 0 Å². The van der Waals surface area contributed by atoms with Crippen LogP contribution < -0.4 is 5.32 Å². The van der Waals surface area contributed by atoms with E-state index in [1.165, 1.54) is 4.90 Å². The molecule has 3 amide bonds. The van der Waals surface area contributed by atoms with Crippen molar-refractivity contribution in [3.63, 3.8) is 0 Å². The first-order chi connectivity index (χ1) is 14.0. The molecule has 6 heteroatoms. The lowest BCUT2D eigenvalue weighted by Crippen LogP contribution is -2.45. The molecule has 0 saturated carbocycles. The van der Waals surface area contributed by atoms with Crippen LogP contribution in [0.4, 0.5) is 4.79 Å². The highest BCUT2D eigenvalue weighted by Crippen LogP contribution is 2.37. The first-order valence-electron chi connectivity index (χ1n) is 9.21. The number of nitrogens with zero attached hydrogens (tertiary/aromatic N) is 1. The number of hydrogen-bond donors (Lipinski definition) is 1. The number of carbonyl (C=O) groups excluding carboxylic acids is 2. The van der Waals surface area contributed by atoms with Crippen molar-refractivity contribution in [1.82, 2.24) is 10.2 Å². The number of benzene rings is 3. The fraction of sp³-hybridized carbons (Fsp3) is 0.130. The van der Waals surface area contributed by atoms with E-state index in [0.717, 1.165) is 5.56 Å². The van der Waals surface area contributed by atoms with Gasteiger partial charge in [0.1, 0.15) is 0 Å².